The second-order valence-electron chi connectivity index (χ2n) is 15.2. The average Bonchev–Trinajstić information content (AvgIpc) is 2.68. The summed E-state index contributed by atoms with van der Waals surface area (Å²) in [6, 6.07) is 0. The monoisotopic (exact) mass is 426 g/mol. The van der Waals surface area contributed by atoms with Crippen LogP contribution in [-0.2, 0) is 0 Å². The molecule has 0 aromatic rings. The minimum atomic E-state index is -0.167. The summed E-state index contributed by atoms with van der Waals surface area (Å²) in [6.45, 7) is 20.5. The van der Waals surface area contributed by atoms with Crippen LogP contribution in [0.1, 0.15) is 120 Å². The molecule has 0 aromatic carbocycles. The van der Waals surface area contributed by atoms with E-state index >= 15 is 0 Å². The molecule has 5 aliphatic rings. The Morgan fingerprint density at radius 1 is 0.742 bits per heavy atom. The second-order valence-corrected chi connectivity index (χ2v) is 15.2. The van der Waals surface area contributed by atoms with E-state index in [0.29, 0.717) is 33.0 Å². The molecule has 1 heteroatoms. The Morgan fingerprint density at radius 2 is 1.35 bits per heavy atom. The first kappa shape index (κ1) is 22.5. The highest BCUT2D eigenvalue weighted by Gasteiger charge is 2.69. The van der Waals surface area contributed by atoms with E-state index in [1.807, 2.05) is 0 Å². The second kappa shape index (κ2) is 6.43. The maximum absolute atomic E-state index is 10.8. The standard InChI is InChI=1S/C30H50O/c1-25(2)13-14-27(5)15-17-29(7)22-11-9-20-21(10-12-24(31)26(20,3)4)28(22,6)16-18-30(29,8)23(27)19-25/h9,21-24,31H,10-19H2,1-8H3/t21?,22?,23?,24-,27+,28-,29+,30-/m0/s1. The Kier molecular flexibility index (Phi) is 4.66. The smallest absolute Gasteiger partial charge is 0.0628 e. The first-order valence-electron chi connectivity index (χ1n) is 13.6. The predicted molar refractivity (Wildman–Crippen MR) is 131 cm³/mol. The van der Waals surface area contributed by atoms with Gasteiger partial charge in [-0.3, -0.25) is 0 Å². The molecule has 176 valence electrons. The van der Waals surface area contributed by atoms with Gasteiger partial charge in [0.2, 0.25) is 0 Å². The van der Waals surface area contributed by atoms with E-state index in [9.17, 15) is 5.11 Å². The maximum atomic E-state index is 10.8. The lowest BCUT2D eigenvalue weighted by molar-refractivity contribution is -0.230. The lowest BCUT2D eigenvalue weighted by atomic mass is 9.31. The highest BCUT2D eigenvalue weighted by Crippen LogP contribution is 2.77. The van der Waals surface area contributed by atoms with Crippen molar-refractivity contribution in [1.29, 1.82) is 0 Å². The minimum absolute atomic E-state index is 0.0446. The van der Waals surface area contributed by atoms with E-state index in [4.69, 9.17) is 0 Å². The highest BCUT2D eigenvalue weighted by molar-refractivity contribution is 5.30. The van der Waals surface area contributed by atoms with Crippen LogP contribution in [0, 0.1) is 50.2 Å². The summed E-state index contributed by atoms with van der Waals surface area (Å²) in [5, 5.41) is 10.8. The SMILES string of the molecule is CC1(C)CC[C@]2(C)CC[C@]3(C)C4CC=C5C(CC[C@H](O)C5(C)C)[C@]4(C)CC[C@@]3(C)C2C1. The van der Waals surface area contributed by atoms with Crippen LogP contribution < -0.4 is 0 Å². The zero-order valence-corrected chi connectivity index (χ0v) is 21.9. The summed E-state index contributed by atoms with van der Waals surface area (Å²) in [7, 11) is 0. The molecule has 0 aliphatic heterocycles. The van der Waals surface area contributed by atoms with Crippen molar-refractivity contribution in [2.75, 3.05) is 0 Å². The lowest BCUT2D eigenvalue weighted by Gasteiger charge is -2.73. The molecule has 5 rings (SSSR count). The minimum Gasteiger partial charge on any atom is -0.392 e. The number of aliphatic hydroxyl groups is 1. The third-order valence-corrected chi connectivity index (χ3v) is 13.1. The van der Waals surface area contributed by atoms with Crippen LogP contribution >= 0.6 is 0 Å². The van der Waals surface area contributed by atoms with Gasteiger partial charge in [0.15, 0.2) is 0 Å². The number of rotatable bonds is 0. The first-order chi connectivity index (χ1) is 14.2. The zero-order chi connectivity index (χ0) is 22.7. The lowest BCUT2D eigenvalue weighted by Crippen LogP contribution is -2.65. The Morgan fingerprint density at radius 3 is 2.06 bits per heavy atom. The van der Waals surface area contributed by atoms with Gasteiger partial charge in [-0.1, -0.05) is 67.0 Å². The van der Waals surface area contributed by atoms with Gasteiger partial charge >= 0.3 is 0 Å². The Labute approximate surface area is 192 Å². The Bertz CT molecular complexity index is 790. The van der Waals surface area contributed by atoms with Crippen molar-refractivity contribution in [1.82, 2.24) is 0 Å². The molecule has 0 radical (unpaired) electrons. The van der Waals surface area contributed by atoms with Gasteiger partial charge in [0.05, 0.1) is 6.10 Å². The van der Waals surface area contributed by atoms with Gasteiger partial charge in [0.1, 0.15) is 0 Å². The molecule has 0 spiro atoms. The largest absolute Gasteiger partial charge is 0.392 e. The van der Waals surface area contributed by atoms with Crippen molar-refractivity contribution in [3.05, 3.63) is 11.6 Å². The summed E-state index contributed by atoms with van der Waals surface area (Å²) >= 11 is 0. The molecule has 3 unspecified atom stereocenters. The van der Waals surface area contributed by atoms with Crippen molar-refractivity contribution in [3.8, 4) is 0 Å². The van der Waals surface area contributed by atoms with Gasteiger partial charge in [-0.05, 0) is 109 Å². The fourth-order valence-corrected chi connectivity index (χ4v) is 10.4. The van der Waals surface area contributed by atoms with Crippen LogP contribution in [-0.4, -0.2) is 11.2 Å². The fraction of sp³-hybridized carbons (Fsp3) is 0.933. The van der Waals surface area contributed by atoms with Gasteiger partial charge in [-0.15, -0.1) is 0 Å². The highest BCUT2D eigenvalue weighted by atomic mass is 16.3. The summed E-state index contributed by atoms with van der Waals surface area (Å²) in [4.78, 5) is 0. The van der Waals surface area contributed by atoms with E-state index in [1.54, 1.807) is 5.57 Å². The third kappa shape index (κ3) is 2.77. The number of aliphatic hydroxyl groups excluding tert-OH is 1. The molecule has 5 aliphatic carbocycles. The maximum Gasteiger partial charge on any atom is 0.0628 e. The molecule has 31 heavy (non-hydrogen) atoms. The molecule has 0 heterocycles. The van der Waals surface area contributed by atoms with Crippen LogP contribution in [0.3, 0.4) is 0 Å². The number of allylic oxidation sites excluding steroid dienone is 1. The van der Waals surface area contributed by atoms with Gasteiger partial charge in [-0.25, -0.2) is 0 Å². The van der Waals surface area contributed by atoms with E-state index in [-0.39, 0.29) is 11.5 Å². The summed E-state index contributed by atoms with van der Waals surface area (Å²) in [6.07, 6.45) is 15.9. The normalized spacial score (nSPS) is 55.2. The molecule has 0 saturated heterocycles. The Balaban J connectivity index is 1.57. The van der Waals surface area contributed by atoms with E-state index in [2.05, 4.69) is 61.5 Å². The molecule has 1 N–H and O–H groups in total. The predicted octanol–water partition coefficient (Wildman–Crippen LogP) is 8.17. The molecule has 8 atom stereocenters. The van der Waals surface area contributed by atoms with Crippen molar-refractivity contribution in [2.45, 2.75) is 126 Å². The van der Waals surface area contributed by atoms with Crippen LogP contribution in [0.15, 0.2) is 11.6 Å². The molecule has 4 fully saturated rings. The fourth-order valence-electron chi connectivity index (χ4n) is 10.4. The molecular weight excluding hydrogens is 376 g/mol. The van der Waals surface area contributed by atoms with Gasteiger partial charge < -0.3 is 5.11 Å². The van der Waals surface area contributed by atoms with Crippen LogP contribution in [0.5, 0.6) is 0 Å². The third-order valence-electron chi connectivity index (χ3n) is 13.1. The van der Waals surface area contributed by atoms with Gasteiger partial charge in [-0.2, -0.15) is 0 Å². The van der Waals surface area contributed by atoms with Crippen molar-refractivity contribution in [2.24, 2.45) is 50.2 Å². The first-order valence-corrected chi connectivity index (χ1v) is 13.6. The van der Waals surface area contributed by atoms with Gasteiger partial charge in [0.25, 0.3) is 0 Å². The van der Waals surface area contributed by atoms with E-state index < -0.39 is 0 Å². The zero-order valence-electron chi connectivity index (χ0n) is 21.9. The Hall–Kier alpha value is -0.300. The summed E-state index contributed by atoms with van der Waals surface area (Å²) in [5.74, 6) is 2.36. The van der Waals surface area contributed by atoms with E-state index in [1.165, 1.54) is 57.8 Å². The van der Waals surface area contributed by atoms with Crippen LogP contribution in [0.4, 0.5) is 0 Å². The molecule has 4 saturated carbocycles. The summed E-state index contributed by atoms with van der Waals surface area (Å²) in [5.41, 5.74) is 3.96. The van der Waals surface area contributed by atoms with E-state index in [0.717, 1.165) is 18.3 Å². The number of hydrogen-bond donors (Lipinski definition) is 1. The molecule has 0 aromatic heterocycles. The van der Waals surface area contributed by atoms with Gasteiger partial charge in [0, 0.05) is 5.41 Å². The van der Waals surface area contributed by atoms with Crippen LogP contribution in [0.2, 0.25) is 0 Å². The quantitative estimate of drug-likeness (QED) is 0.387. The van der Waals surface area contributed by atoms with Crippen molar-refractivity contribution < 1.29 is 5.11 Å². The number of hydrogen-bond acceptors (Lipinski definition) is 1. The molecule has 1 nitrogen and oxygen atoms in total. The molecular formula is C30H50O. The van der Waals surface area contributed by atoms with Crippen molar-refractivity contribution >= 4 is 0 Å². The topological polar surface area (TPSA) is 20.2 Å². The molecule has 0 bridgehead atoms. The van der Waals surface area contributed by atoms with Crippen molar-refractivity contribution in [3.63, 3.8) is 0 Å². The summed E-state index contributed by atoms with van der Waals surface area (Å²) < 4.78 is 0. The average molecular weight is 427 g/mol. The number of fused-ring (bicyclic) bond motifs is 7. The molecule has 0 amide bonds. The van der Waals surface area contributed by atoms with Crippen LogP contribution in [0.25, 0.3) is 0 Å².